The fourth-order valence-electron chi connectivity index (χ4n) is 2.96. The molecule has 2 aromatic heterocycles. The Morgan fingerprint density at radius 2 is 2.11 bits per heavy atom. The average Bonchev–Trinajstić information content (AvgIpc) is 3.04. The van der Waals surface area contributed by atoms with Gasteiger partial charge in [0.25, 0.3) is 5.56 Å². The molecule has 5 atom stereocenters. The molecule has 0 bridgehead atoms. The second-order valence-electron chi connectivity index (χ2n) is 6.97. The fraction of sp³-hybridized carbons (Fsp3) is 0.625. The standard InChI is InChI=1S/C16H23N5O6/c1-6(2)13(25)19-16-18-12-9(14(26)20-16)17-5-21(12)15-11(24)10(23)7(3)8(4-22)27-15/h5-8,10-11,15,22-24H,4H2,1-3H3,(H2,18,19,20,25,26)/t7?,8-,10+,11+,15-/m1/s1. The third-order valence-corrected chi connectivity index (χ3v) is 4.73. The number of rotatable bonds is 4. The number of aromatic nitrogens is 4. The molecule has 2 aromatic rings. The third-order valence-electron chi connectivity index (χ3n) is 4.73. The lowest BCUT2D eigenvalue weighted by molar-refractivity contribution is -0.229. The van der Waals surface area contributed by atoms with E-state index >= 15 is 0 Å². The summed E-state index contributed by atoms with van der Waals surface area (Å²) in [4.78, 5) is 34.7. The molecule has 0 aromatic carbocycles. The molecule has 5 N–H and O–H groups in total. The molecule has 0 radical (unpaired) electrons. The summed E-state index contributed by atoms with van der Waals surface area (Å²) in [6.07, 6.45) is -3.05. The number of H-pyrrole nitrogens is 1. The Morgan fingerprint density at radius 1 is 1.41 bits per heavy atom. The number of hydrogen-bond donors (Lipinski definition) is 5. The molecule has 1 aliphatic heterocycles. The number of fused-ring (bicyclic) bond motifs is 1. The normalized spacial score (nSPS) is 28.6. The number of aliphatic hydroxyl groups excluding tert-OH is 3. The number of amides is 1. The molecule has 11 heteroatoms. The maximum Gasteiger partial charge on any atom is 0.280 e. The van der Waals surface area contributed by atoms with Crippen molar-refractivity contribution in [1.82, 2.24) is 19.5 Å². The topological polar surface area (TPSA) is 163 Å². The number of ether oxygens (including phenoxy) is 1. The number of carbonyl (C=O) groups excluding carboxylic acids is 1. The zero-order chi connectivity index (χ0) is 19.9. The van der Waals surface area contributed by atoms with Gasteiger partial charge in [-0.2, -0.15) is 4.98 Å². The number of hydrogen-bond acceptors (Lipinski definition) is 8. The molecule has 1 amide bonds. The van der Waals surface area contributed by atoms with Crippen LogP contribution in [0.15, 0.2) is 11.1 Å². The molecule has 3 rings (SSSR count). The van der Waals surface area contributed by atoms with Gasteiger partial charge < -0.3 is 20.1 Å². The minimum Gasteiger partial charge on any atom is -0.394 e. The van der Waals surface area contributed by atoms with E-state index in [1.165, 1.54) is 10.9 Å². The molecule has 1 saturated heterocycles. The Hall–Kier alpha value is -2.34. The first kappa shape index (κ1) is 19.4. The van der Waals surface area contributed by atoms with Gasteiger partial charge in [-0.3, -0.25) is 24.5 Å². The van der Waals surface area contributed by atoms with Gasteiger partial charge in [0.05, 0.1) is 25.1 Å². The highest BCUT2D eigenvalue weighted by molar-refractivity contribution is 5.91. The molecular formula is C16H23N5O6. The molecule has 1 fully saturated rings. The van der Waals surface area contributed by atoms with E-state index in [1.807, 2.05) is 0 Å². The Morgan fingerprint density at radius 3 is 2.74 bits per heavy atom. The summed E-state index contributed by atoms with van der Waals surface area (Å²) in [5.74, 6) is -1.21. The van der Waals surface area contributed by atoms with Crippen LogP contribution < -0.4 is 10.9 Å². The van der Waals surface area contributed by atoms with Crippen molar-refractivity contribution in [1.29, 1.82) is 0 Å². The monoisotopic (exact) mass is 381 g/mol. The van der Waals surface area contributed by atoms with Crippen molar-refractivity contribution >= 4 is 23.0 Å². The van der Waals surface area contributed by atoms with Crippen molar-refractivity contribution < 1.29 is 24.9 Å². The first-order valence-electron chi connectivity index (χ1n) is 8.64. The van der Waals surface area contributed by atoms with E-state index in [4.69, 9.17) is 4.74 Å². The van der Waals surface area contributed by atoms with E-state index in [0.29, 0.717) is 0 Å². The summed E-state index contributed by atoms with van der Waals surface area (Å²) in [5.41, 5.74) is -0.516. The molecule has 1 aliphatic rings. The Bertz CT molecular complexity index is 891. The van der Waals surface area contributed by atoms with Crippen molar-refractivity contribution in [3.8, 4) is 0 Å². The first-order chi connectivity index (χ1) is 12.7. The van der Waals surface area contributed by atoms with Crippen LogP contribution in [0.3, 0.4) is 0 Å². The van der Waals surface area contributed by atoms with Gasteiger partial charge in [0, 0.05) is 11.8 Å². The van der Waals surface area contributed by atoms with Crippen LogP contribution in [-0.2, 0) is 9.53 Å². The van der Waals surface area contributed by atoms with E-state index in [2.05, 4.69) is 20.3 Å². The third kappa shape index (κ3) is 3.46. The van der Waals surface area contributed by atoms with Crippen LogP contribution in [0.5, 0.6) is 0 Å². The number of carbonyl (C=O) groups is 1. The molecule has 148 valence electrons. The molecule has 0 aliphatic carbocycles. The predicted octanol–water partition coefficient (Wildman–Crippen LogP) is -1.04. The zero-order valence-electron chi connectivity index (χ0n) is 15.2. The van der Waals surface area contributed by atoms with Crippen molar-refractivity contribution in [2.24, 2.45) is 11.8 Å². The summed E-state index contributed by atoms with van der Waals surface area (Å²) in [6.45, 7) is 4.69. The van der Waals surface area contributed by atoms with E-state index in [1.54, 1.807) is 20.8 Å². The van der Waals surface area contributed by atoms with Gasteiger partial charge in [0.1, 0.15) is 6.10 Å². The minimum absolute atomic E-state index is 0.0120. The van der Waals surface area contributed by atoms with Crippen molar-refractivity contribution in [2.45, 2.75) is 45.3 Å². The van der Waals surface area contributed by atoms with Crippen molar-refractivity contribution in [3.05, 3.63) is 16.7 Å². The van der Waals surface area contributed by atoms with E-state index < -0.39 is 36.0 Å². The lowest BCUT2D eigenvalue weighted by Gasteiger charge is -2.41. The van der Waals surface area contributed by atoms with Crippen LogP contribution in [0.4, 0.5) is 5.95 Å². The first-order valence-corrected chi connectivity index (χ1v) is 8.64. The van der Waals surface area contributed by atoms with Gasteiger partial charge in [0.15, 0.2) is 17.4 Å². The largest absolute Gasteiger partial charge is 0.394 e. The average molecular weight is 381 g/mol. The van der Waals surface area contributed by atoms with Crippen LogP contribution in [-0.4, -0.2) is 65.7 Å². The highest BCUT2D eigenvalue weighted by Gasteiger charge is 2.43. The quantitative estimate of drug-likeness (QED) is 0.448. The van der Waals surface area contributed by atoms with Gasteiger partial charge in [-0.05, 0) is 0 Å². The molecule has 3 heterocycles. The molecule has 0 spiro atoms. The number of nitrogens with one attached hydrogen (secondary N) is 2. The molecular weight excluding hydrogens is 358 g/mol. The Labute approximate surface area is 154 Å². The number of aliphatic hydroxyl groups is 3. The summed E-state index contributed by atoms with van der Waals surface area (Å²) in [6, 6.07) is 0. The molecule has 1 unspecified atom stereocenters. The van der Waals surface area contributed by atoms with Crippen LogP contribution in [0.2, 0.25) is 0 Å². The number of anilines is 1. The van der Waals surface area contributed by atoms with Crippen molar-refractivity contribution in [2.75, 3.05) is 11.9 Å². The lowest BCUT2D eigenvalue weighted by atomic mass is 9.90. The maximum absolute atomic E-state index is 12.3. The van der Waals surface area contributed by atoms with Gasteiger partial charge in [0.2, 0.25) is 11.9 Å². The summed E-state index contributed by atoms with van der Waals surface area (Å²) >= 11 is 0. The Kier molecular flexibility index (Phi) is 5.29. The van der Waals surface area contributed by atoms with Crippen LogP contribution in [0, 0.1) is 11.8 Å². The van der Waals surface area contributed by atoms with E-state index in [-0.39, 0.29) is 35.5 Å². The number of imidazole rings is 1. The second kappa shape index (κ2) is 7.35. The molecule has 11 nitrogen and oxygen atoms in total. The van der Waals surface area contributed by atoms with Gasteiger partial charge in [-0.25, -0.2) is 4.98 Å². The lowest BCUT2D eigenvalue weighted by Crippen LogP contribution is -2.52. The molecule has 0 saturated carbocycles. The van der Waals surface area contributed by atoms with Gasteiger partial charge in [-0.1, -0.05) is 20.8 Å². The van der Waals surface area contributed by atoms with Crippen molar-refractivity contribution in [3.63, 3.8) is 0 Å². The van der Waals surface area contributed by atoms with Gasteiger partial charge >= 0.3 is 0 Å². The fourth-order valence-corrected chi connectivity index (χ4v) is 2.96. The Balaban J connectivity index is 2.03. The smallest absolute Gasteiger partial charge is 0.280 e. The molecule has 27 heavy (non-hydrogen) atoms. The number of aromatic amines is 1. The van der Waals surface area contributed by atoms with Crippen LogP contribution >= 0.6 is 0 Å². The summed E-state index contributed by atoms with van der Waals surface area (Å²) in [7, 11) is 0. The highest BCUT2D eigenvalue weighted by Crippen LogP contribution is 2.32. The summed E-state index contributed by atoms with van der Waals surface area (Å²) < 4.78 is 7.01. The summed E-state index contributed by atoms with van der Waals surface area (Å²) in [5, 5.41) is 32.7. The van der Waals surface area contributed by atoms with E-state index in [9.17, 15) is 24.9 Å². The van der Waals surface area contributed by atoms with Crippen LogP contribution in [0.25, 0.3) is 11.2 Å². The minimum atomic E-state index is -1.32. The zero-order valence-corrected chi connectivity index (χ0v) is 15.2. The highest BCUT2D eigenvalue weighted by atomic mass is 16.5. The van der Waals surface area contributed by atoms with Crippen LogP contribution in [0.1, 0.15) is 27.0 Å². The number of nitrogens with zero attached hydrogens (tertiary/aromatic N) is 3. The van der Waals surface area contributed by atoms with Gasteiger partial charge in [-0.15, -0.1) is 0 Å². The maximum atomic E-state index is 12.3. The predicted molar refractivity (Wildman–Crippen MR) is 93.8 cm³/mol. The SMILES string of the molecule is CC(C)C(=O)Nc1nc2c(ncn2[C@@H]2O[C@H](CO)C(C)[C@H](O)[C@@H]2O)c(=O)[nH]1. The second-order valence-corrected chi connectivity index (χ2v) is 6.97. The van der Waals surface area contributed by atoms with E-state index in [0.717, 1.165) is 0 Å².